The fourth-order valence-electron chi connectivity index (χ4n) is 3.03. The lowest BCUT2D eigenvalue weighted by atomic mass is 9.81. The van der Waals surface area contributed by atoms with E-state index in [0.717, 1.165) is 0 Å². The Labute approximate surface area is 133 Å². The Balaban J connectivity index is 1.82. The highest BCUT2D eigenvalue weighted by molar-refractivity contribution is 6.09. The molecule has 0 aromatic heterocycles. The Bertz CT molecular complexity index is 691. The van der Waals surface area contributed by atoms with Crippen molar-refractivity contribution in [2.75, 3.05) is 12.4 Å². The molecule has 0 bridgehead atoms. The fraction of sp³-hybridized carbons (Fsp3) is 0.353. The zero-order valence-corrected chi connectivity index (χ0v) is 12.8. The molecule has 0 spiro atoms. The predicted octanol–water partition coefficient (Wildman–Crippen LogP) is 1.78. The molecule has 6 nitrogen and oxygen atoms in total. The lowest BCUT2D eigenvalue weighted by molar-refractivity contribution is -0.128. The average molecular weight is 314 g/mol. The number of anilines is 1. The van der Waals surface area contributed by atoms with E-state index in [4.69, 9.17) is 4.74 Å². The first-order valence-corrected chi connectivity index (χ1v) is 7.59. The highest BCUT2D eigenvalue weighted by atomic mass is 16.5. The third-order valence-electron chi connectivity index (χ3n) is 4.16. The van der Waals surface area contributed by atoms with Crippen LogP contribution in [-0.2, 0) is 14.4 Å². The van der Waals surface area contributed by atoms with Crippen LogP contribution >= 0.6 is 0 Å². The van der Waals surface area contributed by atoms with Gasteiger partial charge in [-0.3, -0.25) is 14.4 Å². The molecule has 0 fully saturated rings. The number of carbonyl (C=O) groups excluding carboxylic acids is 3. The van der Waals surface area contributed by atoms with Gasteiger partial charge in [0.25, 0.3) is 0 Å². The van der Waals surface area contributed by atoms with Gasteiger partial charge < -0.3 is 15.4 Å². The van der Waals surface area contributed by atoms with E-state index >= 15 is 0 Å². The van der Waals surface area contributed by atoms with Crippen LogP contribution in [0.5, 0.6) is 5.75 Å². The van der Waals surface area contributed by atoms with Gasteiger partial charge in [0.05, 0.1) is 13.0 Å². The number of Topliss-reactive ketones (excluding diaryl/α,β-unsaturated/α-hetero) is 1. The second-order valence-electron chi connectivity index (χ2n) is 5.69. The molecule has 2 amide bonds. The number of hydrogen-bond donors (Lipinski definition) is 2. The van der Waals surface area contributed by atoms with E-state index in [2.05, 4.69) is 10.6 Å². The van der Waals surface area contributed by atoms with Gasteiger partial charge in [-0.1, -0.05) is 0 Å². The van der Waals surface area contributed by atoms with Crippen molar-refractivity contribution < 1.29 is 19.1 Å². The standard InChI is InChI=1S/C17H18N2O4/c1-23-11-7-5-10(6-8-11)18-17(22)12-9-15(21)19-13-3-2-4-14(20)16(12)13/h5-8,12H,2-4,9H2,1H3,(H,18,22)(H,19,21)/t12-/m1/s1. The number of ether oxygens (including phenoxy) is 1. The largest absolute Gasteiger partial charge is 0.497 e. The smallest absolute Gasteiger partial charge is 0.232 e. The lowest BCUT2D eigenvalue weighted by Gasteiger charge is -2.30. The van der Waals surface area contributed by atoms with Crippen molar-refractivity contribution in [1.82, 2.24) is 5.32 Å². The summed E-state index contributed by atoms with van der Waals surface area (Å²) in [4.78, 5) is 36.6. The van der Waals surface area contributed by atoms with Crippen LogP contribution < -0.4 is 15.4 Å². The molecule has 1 atom stereocenters. The van der Waals surface area contributed by atoms with E-state index in [1.165, 1.54) is 0 Å². The first kappa shape index (κ1) is 15.3. The van der Waals surface area contributed by atoms with Crippen molar-refractivity contribution >= 4 is 23.3 Å². The van der Waals surface area contributed by atoms with Crippen molar-refractivity contribution in [1.29, 1.82) is 0 Å². The molecule has 2 aliphatic rings. The quantitative estimate of drug-likeness (QED) is 0.890. The van der Waals surface area contributed by atoms with Crippen LogP contribution in [0.25, 0.3) is 0 Å². The number of hydrogen-bond acceptors (Lipinski definition) is 4. The monoisotopic (exact) mass is 314 g/mol. The number of amides is 2. The molecule has 1 aliphatic carbocycles. The topological polar surface area (TPSA) is 84.5 Å². The molecule has 1 aromatic carbocycles. The van der Waals surface area contributed by atoms with Crippen LogP contribution in [0.2, 0.25) is 0 Å². The zero-order valence-electron chi connectivity index (χ0n) is 12.8. The number of nitrogens with one attached hydrogen (secondary N) is 2. The molecule has 6 heteroatoms. The average Bonchev–Trinajstić information content (AvgIpc) is 2.54. The molecule has 3 rings (SSSR count). The molecule has 1 aromatic rings. The number of methoxy groups -OCH3 is 1. The Morgan fingerprint density at radius 1 is 1.22 bits per heavy atom. The van der Waals surface area contributed by atoms with Crippen molar-refractivity contribution in [3.63, 3.8) is 0 Å². The number of rotatable bonds is 3. The molecule has 0 radical (unpaired) electrons. The molecule has 2 N–H and O–H groups in total. The predicted molar refractivity (Wildman–Crippen MR) is 83.8 cm³/mol. The van der Waals surface area contributed by atoms with Crippen LogP contribution in [0.4, 0.5) is 5.69 Å². The summed E-state index contributed by atoms with van der Waals surface area (Å²) >= 11 is 0. The van der Waals surface area contributed by atoms with Gasteiger partial charge in [0.2, 0.25) is 11.8 Å². The molecular weight excluding hydrogens is 296 g/mol. The SMILES string of the molecule is COc1ccc(NC(=O)[C@@H]2CC(=O)NC3=C2C(=O)CCC3)cc1. The van der Waals surface area contributed by atoms with Crippen molar-refractivity contribution in [3.05, 3.63) is 35.5 Å². The van der Waals surface area contributed by atoms with Crippen LogP contribution in [0, 0.1) is 5.92 Å². The maximum Gasteiger partial charge on any atom is 0.232 e. The second-order valence-corrected chi connectivity index (χ2v) is 5.69. The normalized spacial score (nSPS) is 20.7. The fourth-order valence-corrected chi connectivity index (χ4v) is 3.03. The van der Waals surface area contributed by atoms with E-state index in [9.17, 15) is 14.4 Å². The summed E-state index contributed by atoms with van der Waals surface area (Å²) in [7, 11) is 1.57. The highest BCUT2D eigenvalue weighted by Gasteiger charge is 2.37. The summed E-state index contributed by atoms with van der Waals surface area (Å²) in [6.45, 7) is 0. The Morgan fingerprint density at radius 2 is 1.96 bits per heavy atom. The molecule has 1 heterocycles. The van der Waals surface area contributed by atoms with E-state index in [0.29, 0.717) is 42.0 Å². The summed E-state index contributed by atoms with van der Waals surface area (Å²) in [5, 5.41) is 5.51. The summed E-state index contributed by atoms with van der Waals surface area (Å²) in [5.74, 6) is -0.608. The van der Waals surface area contributed by atoms with Crippen LogP contribution in [0.15, 0.2) is 35.5 Å². The highest BCUT2D eigenvalue weighted by Crippen LogP contribution is 2.32. The Kier molecular flexibility index (Phi) is 4.14. The first-order chi connectivity index (χ1) is 11.1. The van der Waals surface area contributed by atoms with Gasteiger partial charge in [-0.2, -0.15) is 0 Å². The minimum Gasteiger partial charge on any atom is -0.497 e. The molecule has 0 saturated heterocycles. The van der Waals surface area contributed by atoms with Gasteiger partial charge in [0.15, 0.2) is 5.78 Å². The summed E-state index contributed by atoms with van der Waals surface area (Å²) in [6.07, 6.45) is 1.79. The van der Waals surface area contributed by atoms with Crippen LogP contribution in [0.3, 0.4) is 0 Å². The summed E-state index contributed by atoms with van der Waals surface area (Å²) in [5.41, 5.74) is 1.70. The third-order valence-corrected chi connectivity index (χ3v) is 4.16. The number of benzene rings is 1. The molecule has 0 saturated carbocycles. The van der Waals surface area contributed by atoms with Crippen molar-refractivity contribution in [3.8, 4) is 5.75 Å². The molecular formula is C17H18N2O4. The number of carbonyl (C=O) groups is 3. The van der Waals surface area contributed by atoms with Gasteiger partial charge in [0.1, 0.15) is 5.75 Å². The molecule has 23 heavy (non-hydrogen) atoms. The van der Waals surface area contributed by atoms with Crippen LogP contribution in [-0.4, -0.2) is 24.7 Å². The lowest BCUT2D eigenvalue weighted by Crippen LogP contribution is -2.41. The molecule has 1 aliphatic heterocycles. The van der Waals surface area contributed by atoms with E-state index in [-0.39, 0.29) is 24.0 Å². The number of ketones is 1. The summed E-state index contributed by atoms with van der Waals surface area (Å²) in [6, 6.07) is 6.91. The summed E-state index contributed by atoms with van der Waals surface area (Å²) < 4.78 is 5.07. The Hall–Kier alpha value is -2.63. The minimum absolute atomic E-state index is 0.00651. The first-order valence-electron chi connectivity index (χ1n) is 7.59. The van der Waals surface area contributed by atoms with Gasteiger partial charge in [-0.15, -0.1) is 0 Å². The van der Waals surface area contributed by atoms with Gasteiger partial charge in [0, 0.05) is 29.8 Å². The van der Waals surface area contributed by atoms with Crippen LogP contribution in [0.1, 0.15) is 25.7 Å². The van der Waals surface area contributed by atoms with E-state index < -0.39 is 5.92 Å². The van der Waals surface area contributed by atoms with E-state index in [1.54, 1.807) is 31.4 Å². The molecule has 0 unspecified atom stereocenters. The molecule has 120 valence electrons. The van der Waals surface area contributed by atoms with E-state index in [1.807, 2.05) is 0 Å². The maximum absolute atomic E-state index is 12.6. The maximum atomic E-state index is 12.6. The van der Waals surface area contributed by atoms with Crippen molar-refractivity contribution in [2.45, 2.75) is 25.7 Å². The number of allylic oxidation sites excluding steroid dienone is 1. The van der Waals surface area contributed by atoms with Gasteiger partial charge >= 0.3 is 0 Å². The Morgan fingerprint density at radius 3 is 2.65 bits per heavy atom. The third kappa shape index (κ3) is 3.11. The minimum atomic E-state index is -0.714. The van der Waals surface area contributed by atoms with Gasteiger partial charge in [-0.05, 0) is 37.1 Å². The van der Waals surface area contributed by atoms with Crippen molar-refractivity contribution in [2.24, 2.45) is 5.92 Å². The van der Waals surface area contributed by atoms with Gasteiger partial charge in [-0.25, -0.2) is 0 Å². The zero-order chi connectivity index (χ0) is 16.4. The second kappa shape index (κ2) is 6.24.